The van der Waals surface area contributed by atoms with Gasteiger partial charge in [-0.15, -0.1) is 0 Å². The predicted octanol–water partition coefficient (Wildman–Crippen LogP) is 3.41. The molecular weight excluding hydrogens is 260 g/mol. The van der Waals surface area contributed by atoms with Gasteiger partial charge in [-0.1, -0.05) is 42.5 Å². The second-order valence-corrected chi connectivity index (χ2v) is 5.16. The van der Waals surface area contributed by atoms with Crippen molar-refractivity contribution in [1.82, 2.24) is 9.55 Å². The van der Waals surface area contributed by atoms with Crippen LogP contribution < -0.4 is 0 Å². The number of nitrogens with zero attached hydrogens (tertiary/aromatic N) is 2. The molecule has 0 saturated carbocycles. The minimum Gasteiger partial charge on any atom is -0.335 e. The summed E-state index contributed by atoms with van der Waals surface area (Å²) in [5, 5.41) is 2.34. The summed E-state index contributed by atoms with van der Waals surface area (Å²) in [6, 6.07) is 14.3. The van der Waals surface area contributed by atoms with E-state index in [1.54, 1.807) is 6.20 Å². The van der Waals surface area contributed by atoms with Crippen molar-refractivity contribution in [3.05, 3.63) is 66.2 Å². The lowest BCUT2D eigenvalue weighted by Gasteiger charge is -2.07. The summed E-state index contributed by atoms with van der Waals surface area (Å²) in [4.78, 5) is 16.6. The summed E-state index contributed by atoms with van der Waals surface area (Å²) < 4.78 is 2.01. The molecule has 3 rings (SSSR count). The molecule has 0 amide bonds. The zero-order chi connectivity index (χ0) is 14.7. The third-order valence-corrected chi connectivity index (χ3v) is 3.77. The normalized spacial score (nSPS) is 10.9. The molecule has 106 valence electrons. The largest absolute Gasteiger partial charge is 0.335 e. The van der Waals surface area contributed by atoms with E-state index in [2.05, 4.69) is 30.1 Å². The van der Waals surface area contributed by atoms with Gasteiger partial charge in [0.15, 0.2) is 0 Å². The SMILES string of the molecule is CCn1ccnc1CC(=O)Cc1cccc2ccccc12. The predicted molar refractivity (Wildman–Crippen MR) is 84.3 cm³/mol. The number of carbonyl (C=O) groups is 1. The first-order chi connectivity index (χ1) is 10.3. The van der Waals surface area contributed by atoms with Gasteiger partial charge in [-0.2, -0.15) is 0 Å². The van der Waals surface area contributed by atoms with Crippen molar-refractivity contribution >= 4 is 16.6 Å². The average Bonchev–Trinajstić information content (AvgIpc) is 2.94. The van der Waals surface area contributed by atoms with E-state index in [4.69, 9.17) is 0 Å². The van der Waals surface area contributed by atoms with Crippen LogP contribution in [0.2, 0.25) is 0 Å². The molecule has 0 aliphatic carbocycles. The average molecular weight is 278 g/mol. The highest BCUT2D eigenvalue weighted by atomic mass is 16.1. The molecule has 0 aliphatic rings. The number of hydrogen-bond donors (Lipinski definition) is 0. The Bertz CT molecular complexity index is 768. The first kappa shape index (κ1) is 13.6. The molecular formula is C18H18N2O. The summed E-state index contributed by atoms with van der Waals surface area (Å²) in [6.07, 6.45) is 4.52. The van der Waals surface area contributed by atoms with Gasteiger partial charge < -0.3 is 4.57 Å². The van der Waals surface area contributed by atoms with Crippen molar-refractivity contribution < 1.29 is 4.79 Å². The molecule has 0 spiro atoms. The van der Waals surface area contributed by atoms with Gasteiger partial charge in [0.1, 0.15) is 11.6 Å². The van der Waals surface area contributed by atoms with Crippen LogP contribution in [0.25, 0.3) is 10.8 Å². The van der Waals surface area contributed by atoms with Crippen LogP contribution >= 0.6 is 0 Å². The van der Waals surface area contributed by atoms with Crippen molar-refractivity contribution in [2.75, 3.05) is 0 Å². The van der Waals surface area contributed by atoms with Crippen LogP contribution in [-0.4, -0.2) is 15.3 Å². The van der Waals surface area contributed by atoms with Crippen LogP contribution in [0.4, 0.5) is 0 Å². The quantitative estimate of drug-likeness (QED) is 0.717. The van der Waals surface area contributed by atoms with Crippen molar-refractivity contribution in [2.45, 2.75) is 26.3 Å². The summed E-state index contributed by atoms with van der Waals surface area (Å²) in [6.45, 7) is 2.90. The molecule has 0 radical (unpaired) electrons. The number of hydrogen-bond acceptors (Lipinski definition) is 2. The number of fused-ring (bicyclic) bond motifs is 1. The van der Waals surface area contributed by atoms with Gasteiger partial charge in [0.05, 0.1) is 6.42 Å². The summed E-state index contributed by atoms with van der Waals surface area (Å²) in [5.74, 6) is 1.05. The summed E-state index contributed by atoms with van der Waals surface area (Å²) >= 11 is 0. The highest BCUT2D eigenvalue weighted by Gasteiger charge is 2.11. The van der Waals surface area contributed by atoms with Crippen LogP contribution in [0.3, 0.4) is 0 Å². The Morgan fingerprint density at radius 3 is 2.76 bits per heavy atom. The number of ketones is 1. The first-order valence-electron chi connectivity index (χ1n) is 7.26. The highest BCUT2D eigenvalue weighted by molar-refractivity contribution is 5.91. The van der Waals surface area contributed by atoms with Gasteiger partial charge in [0, 0.05) is 25.4 Å². The Labute approximate surface area is 124 Å². The molecule has 0 bridgehead atoms. The second kappa shape index (κ2) is 5.92. The van der Waals surface area contributed by atoms with Crippen molar-refractivity contribution in [3.63, 3.8) is 0 Å². The third kappa shape index (κ3) is 2.87. The zero-order valence-corrected chi connectivity index (χ0v) is 12.1. The lowest BCUT2D eigenvalue weighted by atomic mass is 9.99. The molecule has 0 unspecified atom stereocenters. The zero-order valence-electron chi connectivity index (χ0n) is 12.1. The minimum atomic E-state index is 0.201. The van der Waals surface area contributed by atoms with Crippen LogP contribution in [0.1, 0.15) is 18.3 Å². The maximum Gasteiger partial charge on any atom is 0.144 e. The molecule has 1 heterocycles. The first-order valence-corrected chi connectivity index (χ1v) is 7.26. The topological polar surface area (TPSA) is 34.9 Å². The monoisotopic (exact) mass is 278 g/mol. The maximum absolute atomic E-state index is 12.3. The molecule has 1 aromatic heterocycles. The minimum absolute atomic E-state index is 0.201. The van der Waals surface area contributed by atoms with Crippen LogP contribution in [-0.2, 0) is 24.2 Å². The molecule has 3 heteroatoms. The van der Waals surface area contributed by atoms with E-state index in [1.807, 2.05) is 35.0 Å². The number of aryl methyl sites for hydroxylation is 1. The number of benzene rings is 2. The summed E-state index contributed by atoms with van der Waals surface area (Å²) in [7, 11) is 0. The Morgan fingerprint density at radius 2 is 1.90 bits per heavy atom. The Morgan fingerprint density at radius 1 is 1.10 bits per heavy atom. The standard InChI is InChI=1S/C18H18N2O/c1-2-20-11-10-19-18(20)13-16(21)12-15-8-5-7-14-6-3-4-9-17(14)15/h3-11H,2,12-13H2,1H3. The third-order valence-electron chi connectivity index (χ3n) is 3.77. The number of carbonyl (C=O) groups excluding carboxylic acids is 1. The maximum atomic E-state index is 12.3. The lowest BCUT2D eigenvalue weighted by molar-refractivity contribution is -0.117. The van der Waals surface area contributed by atoms with E-state index < -0.39 is 0 Å². The molecule has 0 saturated heterocycles. The van der Waals surface area contributed by atoms with E-state index in [-0.39, 0.29) is 5.78 Å². The highest BCUT2D eigenvalue weighted by Crippen LogP contribution is 2.19. The molecule has 0 fully saturated rings. The Hall–Kier alpha value is -2.42. The fourth-order valence-corrected chi connectivity index (χ4v) is 2.69. The van der Waals surface area contributed by atoms with E-state index in [9.17, 15) is 4.79 Å². The Kier molecular flexibility index (Phi) is 3.82. The Balaban J connectivity index is 1.81. The van der Waals surface area contributed by atoms with Crippen LogP contribution in [0.15, 0.2) is 54.9 Å². The smallest absolute Gasteiger partial charge is 0.144 e. The number of rotatable bonds is 5. The molecule has 2 aromatic carbocycles. The number of Topliss-reactive ketones (excluding diaryl/α,β-unsaturated/α-hetero) is 1. The van der Waals surface area contributed by atoms with E-state index in [0.717, 1.165) is 23.3 Å². The van der Waals surface area contributed by atoms with Crippen molar-refractivity contribution in [2.24, 2.45) is 0 Å². The second-order valence-electron chi connectivity index (χ2n) is 5.16. The fraction of sp³-hybridized carbons (Fsp3) is 0.222. The molecule has 0 aliphatic heterocycles. The number of imidazole rings is 1. The van der Waals surface area contributed by atoms with Crippen molar-refractivity contribution in [1.29, 1.82) is 0 Å². The number of aromatic nitrogens is 2. The van der Waals surface area contributed by atoms with E-state index >= 15 is 0 Å². The van der Waals surface area contributed by atoms with Gasteiger partial charge in [0.25, 0.3) is 0 Å². The van der Waals surface area contributed by atoms with Gasteiger partial charge in [0.2, 0.25) is 0 Å². The van der Waals surface area contributed by atoms with Crippen LogP contribution in [0, 0.1) is 0 Å². The molecule has 0 N–H and O–H groups in total. The van der Waals surface area contributed by atoms with Crippen molar-refractivity contribution in [3.8, 4) is 0 Å². The fourth-order valence-electron chi connectivity index (χ4n) is 2.69. The summed E-state index contributed by atoms with van der Waals surface area (Å²) in [5.41, 5.74) is 1.09. The van der Waals surface area contributed by atoms with E-state index in [0.29, 0.717) is 12.8 Å². The van der Waals surface area contributed by atoms with E-state index in [1.165, 1.54) is 5.39 Å². The van der Waals surface area contributed by atoms with Gasteiger partial charge in [-0.05, 0) is 23.3 Å². The molecule has 3 aromatic rings. The molecule has 21 heavy (non-hydrogen) atoms. The van der Waals surface area contributed by atoms with Gasteiger partial charge in [-0.25, -0.2) is 4.98 Å². The van der Waals surface area contributed by atoms with Crippen LogP contribution in [0.5, 0.6) is 0 Å². The lowest BCUT2D eigenvalue weighted by Crippen LogP contribution is -2.11. The van der Waals surface area contributed by atoms with Gasteiger partial charge >= 0.3 is 0 Å². The van der Waals surface area contributed by atoms with Gasteiger partial charge in [-0.3, -0.25) is 4.79 Å². The molecule has 0 atom stereocenters. The molecule has 3 nitrogen and oxygen atoms in total.